The summed E-state index contributed by atoms with van der Waals surface area (Å²) in [7, 11) is 1.72. The van der Waals surface area contributed by atoms with Crippen LogP contribution in [0, 0.1) is 3.77 Å². The molecule has 3 nitrogen and oxygen atoms in total. The summed E-state index contributed by atoms with van der Waals surface area (Å²) in [6.45, 7) is 5.65. The van der Waals surface area contributed by atoms with Gasteiger partial charge < -0.3 is 14.5 Å². The van der Waals surface area contributed by atoms with Gasteiger partial charge in [-0.15, -0.1) is 0 Å². The molecule has 0 aliphatic carbocycles. The van der Waals surface area contributed by atoms with Gasteiger partial charge in [-0.25, -0.2) is 0 Å². The maximum Gasteiger partial charge on any atom is 0.164 e. The second-order valence-electron chi connectivity index (χ2n) is 3.77. The Balaban J connectivity index is 2.28. The average molecular weight is 309 g/mol. The molecule has 0 fully saturated rings. The lowest BCUT2D eigenvalue weighted by atomic mass is 10.1. The van der Waals surface area contributed by atoms with Crippen molar-refractivity contribution in [1.82, 2.24) is 5.32 Å². The van der Waals surface area contributed by atoms with Crippen LogP contribution in [-0.4, -0.2) is 19.3 Å². The van der Waals surface area contributed by atoms with E-state index in [4.69, 9.17) is 9.15 Å². The van der Waals surface area contributed by atoms with Gasteiger partial charge in [-0.2, -0.15) is 0 Å². The van der Waals surface area contributed by atoms with E-state index in [1.54, 1.807) is 7.11 Å². The molecule has 80 valence electrons. The summed E-state index contributed by atoms with van der Waals surface area (Å²) in [5.41, 5.74) is -0.125. The molecule has 1 N–H and O–H groups in total. The van der Waals surface area contributed by atoms with Crippen LogP contribution in [0.15, 0.2) is 16.5 Å². The average Bonchev–Trinajstić information content (AvgIpc) is 2.51. The molecule has 0 radical (unpaired) electrons. The summed E-state index contributed by atoms with van der Waals surface area (Å²) < 4.78 is 11.6. The number of methoxy groups -OCH3 is 1. The van der Waals surface area contributed by atoms with Crippen LogP contribution in [0.25, 0.3) is 0 Å². The van der Waals surface area contributed by atoms with Crippen molar-refractivity contribution >= 4 is 22.6 Å². The zero-order valence-electron chi connectivity index (χ0n) is 8.76. The van der Waals surface area contributed by atoms with Crippen molar-refractivity contribution in [2.45, 2.75) is 26.0 Å². The third kappa shape index (κ3) is 3.98. The number of ether oxygens (including phenoxy) is 1. The SMILES string of the molecule is COC(C)(C)CNCc1ccc(I)o1. The van der Waals surface area contributed by atoms with Crippen LogP contribution in [-0.2, 0) is 11.3 Å². The van der Waals surface area contributed by atoms with E-state index in [1.165, 1.54) is 0 Å². The molecule has 14 heavy (non-hydrogen) atoms. The molecule has 0 bridgehead atoms. The zero-order chi connectivity index (χ0) is 10.6. The molecule has 0 spiro atoms. The summed E-state index contributed by atoms with van der Waals surface area (Å²) in [6, 6.07) is 3.94. The van der Waals surface area contributed by atoms with Crippen LogP contribution in [0.5, 0.6) is 0 Å². The first kappa shape index (κ1) is 12.0. The van der Waals surface area contributed by atoms with E-state index in [2.05, 4.69) is 27.9 Å². The minimum Gasteiger partial charge on any atom is -0.454 e. The monoisotopic (exact) mass is 309 g/mol. The fourth-order valence-corrected chi connectivity index (χ4v) is 1.47. The van der Waals surface area contributed by atoms with Gasteiger partial charge >= 0.3 is 0 Å². The van der Waals surface area contributed by atoms with Crippen LogP contribution in [0.4, 0.5) is 0 Å². The Kier molecular flexibility index (Phi) is 4.40. The van der Waals surface area contributed by atoms with E-state index < -0.39 is 0 Å². The molecule has 0 saturated carbocycles. The van der Waals surface area contributed by atoms with E-state index in [0.717, 1.165) is 22.6 Å². The number of nitrogens with one attached hydrogen (secondary N) is 1. The number of hydrogen-bond acceptors (Lipinski definition) is 3. The highest BCUT2D eigenvalue weighted by Gasteiger charge is 2.15. The van der Waals surface area contributed by atoms with Gasteiger partial charge in [-0.1, -0.05) is 0 Å². The molecule has 0 aromatic carbocycles. The van der Waals surface area contributed by atoms with Gasteiger partial charge in [-0.05, 0) is 48.6 Å². The Labute approximate surface area is 98.3 Å². The zero-order valence-corrected chi connectivity index (χ0v) is 10.9. The number of furan rings is 1. The Morgan fingerprint density at radius 3 is 2.71 bits per heavy atom. The number of hydrogen-bond donors (Lipinski definition) is 1. The third-order valence-corrected chi connectivity index (χ3v) is 2.61. The van der Waals surface area contributed by atoms with Crippen LogP contribution in [0.1, 0.15) is 19.6 Å². The van der Waals surface area contributed by atoms with Gasteiger partial charge in [-0.3, -0.25) is 0 Å². The second-order valence-corrected chi connectivity index (χ2v) is 4.84. The molecule has 1 heterocycles. The van der Waals surface area contributed by atoms with Crippen LogP contribution in [0.3, 0.4) is 0 Å². The van der Waals surface area contributed by atoms with E-state index in [0.29, 0.717) is 0 Å². The van der Waals surface area contributed by atoms with Crippen molar-refractivity contribution in [1.29, 1.82) is 0 Å². The lowest BCUT2D eigenvalue weighted by molar-refractivity contribution is 0.0227. The fourth-order valence-electron chi connectivity index (χ4n) is 1.01. The van der Waals surface area contributed by atoms with Gasteiger partial charge in [0.15, 0.2) is 3.77 Å². The lowest BCUT2D eigenvalue weighted by Gasteiger charge is -2.22. The van der Waals surface area contributed by atoms with Crippen LogP contribution >= 0.6 is 22.6 Å². The third-order valence-electron chi connectivity index (χ3n) is 2.03. The predicted octanol–water partition coefficient (Wildman–Crippen LogP) is 2.40. The molecule has 0 unspecified atom stereocenters. The van der Waals surface area contributed by atoms with Crippen molar-refractivity contribution in [3.8, 4) is 0 Å². The van der Waals surface area contributed by atoms with E-state index in [9.17, 15) is 0 Å². The van der Waals surface area contributed by atoms with Crippen molar-refractivity contribution in [2.75, 3.05) is 13.7 Å². The first-order chi connectivity index (χ1) is 6.53. The first-order valence-electron chi connectivity index (χ1n) is 4.53. The fraction of sp³-hybridized carbons (Fsp3) is 0.600. The van der Waals surface area contributed by atoms with Gasteiger partial charge in [0.2, 0.25) is 0 Å². The van der Waals surface area contributed by atoms with Crippen LogP contribution in [0.2, 0.25) is 0 Å². The number of halogens is 1. The molecule has 0 amide bonds. The topological polar surface area (TPSA) is 34.4 Å². The molecule has 1 aromatic heterocycles. The van der Waals surface area contributed by atoms with Gasteiger partial charge in [0.25, 0.3) is 0 Å². The quantitative estimate of drug-likeness (QED) is 0.848. The molecular formula is C10H16INO2. The number of rotatable bonds is 5. The Morgan fingerprint density at radius 2 is 2.21 bits per heavy atom. The highest BCUT2D eigenvalue weighted by Crippen LogP contribution is 2.10. The molecule has 1 rings (SSSR count). The molecule has 4 heteroatoms. The summed E-state index contributed by atoms with van der Waals surface area (Å²) in [5.74, 6) is 0.960. The minimum absolute atomic E-state index is 0.125. The van der Waals surface area contributed by atoms with Crippen molar-refractivity contribution in [2.24, 2.45) is 0 Å². The highest BCUT2D eigenvalue weighted by atomic mass is 127. The largest absolute Gasteiger partial charge is 0.454 e. The standard InChI is InChI=1S/C10H16INO2/c1-10(2,13-3)7-12-6-8-4-5-9(11)14-8/h4-5,12H,6-7H2,1-3H3. The molecular weight excluding hydrogens is 293 g/mol. The molecule has 0 aliphatic heterocycles. The molecule has 1 aromatic rings. The van der Waals surface area contributed by atoms with Gasteiger partial charge in [0.1, 0.15) is 5.76 Å². The van der Waals surface area contributed by atoms with Crippen LogP contribution < -0.4 is 5.32 Å². The van der Waals surface area contributed by atoms with Crippen molar-refractivity contribution in [3.63, 3.8) is 0 Å². The second kappa shape index (κ2) is 5.14. The lowest BCUT2D eigenvalue weighted by Crippen LogP contribution is -2.36. The maximum absolute atomic E-state index is 5.42. The Hall–Kier alpha value is -0.0700. The smallest absolute Gasteiger partial charge is 0.164 e. The summed E-state index contributed by atoms with van der Waals surface area (Å²) >= 11 is 2.16. The highest BCUT2D eigenvalue weighted by molar-refractivity contribution is 14.1. The van der Waals surface area contributed by atoms with Gasteiger partial charge in [0, 0.05) is 13.7 Å². The van der Waals surface area contributed by atoms with E-state index in [1.807, 2.05) is 26.0 Å². The summed E-state index contributed by atoms with van der Waals surface area (Å²) in [4.78, 5) is 0. The Morgan fingerprint density at radius 1 is 1.50 bits per heavy atom. The maximum atomic E-state index is 5.42. The predicted molar refractivity (Wildman–Crippen MR) is 64.2 cm³/mol. The van der Waals surface area contributed by atoms with E-state index in [-0.39, 0.29) is 5.60 Å². The first-order valence-corrected chi connectivity index (χ1v) is 5.61. The van der Waals surface area contributed by atoms with Gasteiger partial charge in [0.05, 0.1) is 12.1 Å². The van der Waals surface area contributed by atoms with E-state index >= 15 is 0 Å². The molecule has 0 atom stereocenters. The summed E-state index contributed by atoms with van der Waals surface area (Å²) in [6.07, 6.45) is 0. The summed E-state index contributed by atoms with van der Waals surface area (Å²) in [5, 5.41) is 3.28. The molecule has 0 saturated heterocycles. The molecule has 0 aliphatic rings. The van der Waals surface area contributed by atoms with Crippen molar-refractivity contribution < 1.29 is 9.15 Å². The normalized spacial score (nSPS) is 12.0. The Bertz CT molecular complexity index is 283. The van der Waals surface area contributed by atoms with Crippen molar-refractivity contribution in [3.05, 3.63) is 21.7 Å². The minimum atomic E-state index is -0.125.